The van der Waals surface area contributed by atoms with Crippen molar-refractivity contribution in [3.63, 3.8) is 0 Å². The van der Waals surface area contributed by atoms with Crippen molar-refractivity contribution in [1.29, 1.82) is 0 Å². The molecule has 4 rings (SSSR count). The summed E-state index contributed by atoms with van der Waals surface area (Å²) in [5, 5.41) is 11.3. The third-order valence-electron chi connectivity index (χ3n) is 5.30. The first-order valence-corrected chi connectivity index (χ1v) is 9.48. The van der Waals surface area contributed by atoms with Crippen LogP contribution >= 0.6 is 0 Å². The highest BCUT2D eigenvalue weighted by atomic mass is 19.1. The van der Waals surface area contributed by atoms with Crippen LogP contribution in [0.25, 0.3) is 0 Å². The summed E-state index contributed by atoms with van der Waals surface area (Å²) < 4.78 is 18.7. The summed E-state index contributed by atoms with van der Waals surface area (Å²) >= 11 is 0. The summed E-state index contributed by atoms with van der Waals surface area (Å²) in [7, 11) is 1.53. The zero-order valence-electron chi connectivity index (χ0n) is 16.3. The summed E-state index contributed by atoms with van der Waals surface area (Å²) in [5.74, 6) is -0.767. The first-order valence-electron chi connectivity index (χ1n) is 9.48. The van der Waals surface area contributed by atoms with E-state index in [4.69, 9.17) is 4.74 Å². The van der Waals surface area contributed by atoms with Gasteiger partial charge in [-0.05, 0) is 48.0 Å². The molecule has 1 atom stereocenters. The molecular formula is C24H20FNO4. The van der Waals surface area contributed by atoms with Crippen molar-refractivity contribution in [3.8, 4) is 5.75 Å². The normalized spacial score (nSPS) is 17.7. The van der Waals surface area contributed by atoms with Crippen LogP contribution in [-0.2, 0) is 16.9 Å². The molecule has 1 N–H and O–H groups in total. The molecule has 0 bridgehead atoms. The van der Waals surface area contributed by atoms with Crippen molar-refractivity contribution >= 4 is 17.4 Å². The van der Waals surface area contributed by atoms with Gasteiger partial charge in [0, 0.05) is 11.1 Å². The van der Waals surface area contributed by atoms with Gasteiger partial charge in [-0.3, -0.25) is 9.59 Å². The molecule has 0 aromatic heterocycles. The van der Waals surface area contributed by atoms with Crippen molar-refractivity contribution in [2.24, 2.45) is 0 Å². The standard InChI is InChI=1S/C24H20FNO4/c1-30-19-11-9-17(10-12-19)22(27)14-24(29)20-7-2-3-8-21(20)26(23(24)28)15-16-5-4-6-18(25)13-16/h2-13,29H,14-15H2,1H3/t24-/m0/s1. The topological polar surface area (TPSA) is 66.8 Å². The summed E-state index contributed by atoms with van der Waals surface area (Å²) in [6.45, 7) is 0.0899. The van der Waals surface area contributed by atoms with Gasteiger partial charge < -0.3 is 14.7 Å². The molecule has 1 aliphatic rings. The number of para-hydroxylation sites is 1. The van der Waals surface area contributed by atoms with Crippen molar-refractivity contribution in [1.82, 2.24) is 0 Å². The van der Waals surface area contributed by atoms with Gasteiger partial charge in [0.2, 0.25) is 0 Å². The van der Waals surface area contributed by atoms with Gasteiger partial charge >= 0.3 is 0 Å². The molecule has 1 aliphatic heterocycles. The van der Waals surface area contributed by atoms with Crippen LogP contribution in [-0.4, -0.2) is 23.9 Å². The third-order valence-corrected chi connectivity index (χ3v) is 5.30. The zero-order chi connectivity index (χ0) is 21.3. The molecule has 0 radical (unpaired) electrons. The lowest BCUT2D eigenvalue weighted by atomic mass is 9.88. The first-order chi connectivity index (χ1) is 14.4. The highest BCUT2D eigenvalue weighted by Gasteiger charge is 2.50. The number of carbonyl (C=O) groups is 2. The lowest BCUT2D eigenvalue weighted by Crippen LogP contribution is -2.41. The second-order valence-corrected chi connectivity index (χ2v) is 7.23. The van der Waals surface area contributed by atoms with E-state index in [0.717, 1.165) is 0 Å². The van der Waals surface area contributed by atoms with Crippen LogP contribution in [0.4, 0.5) is 10.1 Å². The number of rotatable bonds is 6. The van der Waals surface area contributed by atoms with E-state index in [9.17, 15) is 19.1 Å². The number of amides is 1. The maximum Gasteiger partial charge on any atom is 0.264 e. The number of nitrogens with zero attached hydrogens (tertiary/aromatic N) is 1. The first kappa shape index (κ1) is 19.8. The van der Waals surface area contributed by atoms with E-state index >= 15 is 0 Å². The van der Waals surface area contributed by atoms with Crippen molar-refractivity contribution in [2.45, 2.75) is 18.6 Å². The molecule has 6 heteroatoms. The molecule has 1 amide bonds. The third kappa shape index (κ3) is 3.46. The molecule has 5 nitrogen and oxygen atoms in total. The van der Waals surface area contributed by atoms with Crippen LogP contribution in [0.5, 0.6) is 5.75 Å². The summed E-state index contributed by atoms with van der Waals surface area (Å²) in [5.41, 5.74) is -0.145. The zero-order valence-corrected chi connectivity index (χ0v) is 16.3. The SMILES string of the molecule is COc1ccc(C(=O)C[C@@]2(O)C(=O)N(Cc3cccc(F)c3)c3ccccc32)cc1. The predicted molar refractivity (Wildman–Crippen MR) is 110 cm³/mol. The Labute approximate surface area is 173 Å². The van der Waals surface area contributed by atoms with Crippen LogP contribution in [0.15, 0.2) is 72.8 Å². The minimum absolute atomic E-state index is 0.0899. The maximum absolute atomic E-state index is 13.6. The van der Waals surface area contributed by atoms with Gasteiger partial charge in [-0.2, -0.15) is 0 Å². The van der Waals surface area contributed by atoms with Gasteiger partial charge in [-0.25, -0.2) is 4.39 Å². The van der Waals surface area contributed by atoms with E-state index in [-0.39, 0.29) is 12.3 Å². The molecule has 0 aliphatic carbocycles. The fourth-order valence-corrected chi connectivity index (χ4v) is 3.76. The number of anilines is 1. The van der Waals surface area contributed by atoms with Crippen molar-refractivity contribution in [3.05, 3.63) is 95.3 Å². The molecule has 3 aromatic carbocycles. The second kappa shape index (κ2) is 7.72. The number of ether oxygens (including phenoxy) is 1. The van der Waals surface area contributed by atoms with Crippen LogP contribution in [0, 0.1) is 5.82 Å². The maximum atomic E-state index is 13.6. The van der Waals surface area contributed by atoms with Gasteiger partial charge in [-0.1, -0.05) is 30.3 Å². The minimum atomic E-state index is -1.99. The fraction of sp³-hybridized carbons (Fsp3) is 0.167. The van der Waals surface area contributed by atoms with E-state index in [2.05, 4.69) is 0 Å². The number of carbonyl (C=O) groups excluding carboxylic acids is 2. The Morgan fingerprint density at radius 1 is 1.07 bits per heavy atom. The molecule has 1 heterocycles. The Hall–Kier alpha value is -3.51. The summed E-state index contributed by atoms with van der Waals surface area (Å²) in [6, 6.07) is 19.2. The average Bonchev–Trinajstić information content (AvgIpc) is 2.96. The lowest BCUT2D eigenvalue weighted by molar-refractivity contribution is -0.136. The van der Waals surface area contributed by atoms with E-state index in [1.807, 2.05) is 0 Å². The molecule has 0 fully saturated rings. The van der Waals surface area contributed by atoms with Gasteiger partial charge in [0.25, 0.3) is 5.91 Å². The lowest BCUT2D eigenvalue weighted by Gasteiger charge is -2.23. The molecule has 0 saturated carbocycles. The second-order valence-electron chi connectivity index (χ2n) is 7.23. The highest BCUT2D eigenvalue weighted by molar-refractivity contribution is 6.10. The number of benzene rings is 3. The number of ketones is 1. The number of hydrogen-bond donors (Lipinski definition) is 1. The quantitative estimate of drug-likeness (QED) is 0.633. The number of methoxy groups -OCH3 is 1. The summed E-state index contributed by atoms with van der Waals surface area (Å²) in [4.78, 5) is 27.5. The molecule has 3 aromatic rings. The van der Waals surface area contributed by atoms with E-state index in [1.54, 1.807) is 60.7 Å². The molecule has 30 heavy (non-hydrogen) atoms. The number of Topliss-reactive ketones (excluding diaryl/α,β-unsaturated/α-hetero) is 1. The molecule has 152 valence electrons. The predicted octanol–water partition coefficient (Wildman–Crippen LogP) is 3.84. The van der Waals surface area contributed by atoms with Crippen molar-refractivity contribution in [2.75, 3.05) is 12.0 Å². The highest BCUT2D eigenvalue weighted by Crippen LogP contribution is 2.43. The van der Waals surface area contributed by atoms with Crippen molar-refractivity contribution < 1.29 is 23.8 Å². The van der Waals surface area contributed by atoms with Gasteiger partial charge in [-0.15, -0.1) is 0 Å². The van der Waals surface area contributed by atoms with Crippen LogP contribution in [0.3, 0.4) is 0 Å². The number of halogens is 1. The van der Waals surface area contributed by atoms with Crippen LogP contribution in [0.2, 0.25) is 0 Å². The molecule has 0 spiro atoms. The monoisotopic (exact) mass is 405 g/mol. The fourth-order valence-electron chi connectivity index (χ4n) is 3.76. The Morgan fingerprint density at radius 2 is 1.80 bits per heavy atom. The molecule has 0 saturated heterocycles. The van der Waals surface area contributed by atoms with Gasteiger partial charge in [0.15, 0.2) is 11.4 Å². The largest absolute Gasteiger partial charge is 0.497 e. The number of fused-ring (bicyclic) bond motifs is 1. The number of aliphatic hydroxyl groups is 1. The van der Waals surface area contributed by atoms with Gasteiger partial charge in [0.1, 0.15) is 11.6 Å². The Bertz CT molecular complexity index is 1110. The van der Waals surface area contributed by atoms with E-state index < -0.39 is 23.7 Å². The van der Waals surface area contributed by atoms with Gasteiger partial charge in [0.05, 0.1) is 25.8 Å². The Kier molecular flexibility index (Phi) is 5.10. The van der Waals surface area contributed by atoms with E-state index in [0.29, 0.717) is 28.1 Å². The molecule has 0 unspecified atom stereocenters. The average molecular weight is 405 g/mol. The Morgan fingerprint density at radius 3 is 2.50 bits per heavy atom. The van der Waals surface area contributed by atoms with Crippen LogP contribution in [0.1, 0.15) is 27.9 Å². The van der Waals surface area contributed by atoms with Crippen LogP contribution < -0.4 is 9.64 Å². The Balaban J connectivity index is 1.65. The van der Waals surface area contributed by atoms with E-state index in [1.165, 1.54) is 24.1 Å². The summed E-state index contributed by atoms with van der Waals surface area (Å²) in [6.07, 6.45) is -0.394. The molecular weight excluding hydrogens is 385 g/mol. The smallest absolute Gasteiger partial charge is 0.264 e. The minimum Gasteiger partial charge on any atom is -0.497 e. The number of hydrogen-bond acceptors (Lipinski definition) is 4.